The summed E-state index contributed by atoms with van der Waals surface area (Å²) in [6.07, 6.45) is 4.60. The number of hydrogen-bond donors (Lipinski definition) is 0. The number of nitrogens with zero attached hydrogens (tertiary/aromatic N) is 4. The summed E-state index contributed by atoms with van der Waals surface area (Å²) in [5.74, 6) is 2.67. The lowest BCUT2D eigenvalue weighted by Crippen LogP contribution is -2.06. The van der Waals surface area contributed by atoms with Gasteiger partial charge in [0.15, 0.2) is 22.5 Å². The van der Waals surface area contributed by atoms with Crippen LogP contribution in [0.5, 0.6) is 11.5 Å². The molecule has 7 nitrogen and oxygen atoms in total. The molecule has 1 aliphatic rings. The second-order valence-corrected chi connectivity index (χ2v) is 9.13. The van der Waals surface area contributed by atoms with Crippen LogP contribution in [-0.2, 0) is 11.2 Å². The van der Waals surface area contributed by atoms with Crippen molar-refractivity contribution in [3.05, 3.63) is 77.6 Å². The minimum Gasteiger partial charge on any atom is -0.454 e. The van der Waals surface area contributed by atoms with Gasteiger partial charge in [-0.2, -0.15) is 0 Å². The Kier molecular flexibility index (Phi) is 6.31. The molecule has 0 saturated heterocycles. The summed E-state index contributed by atoms with van der Waals surface area (Å²) in [4.78, 5) is 16.9. The molecule has 172 valence electrons. The van der Waals surface area contributed by atoms with Crippen LogP contribution >= 0.6 is 11.8 Å². The minimum atomic E-state index is 0.153. The van der Waals surface area contributed by atoms with E-state index in [1.165, 1.54) is 17.3 Å². The zero-order chi connectivity index (χ0) is 23.5. The van der Waals surface area contributed by atoms with Crippen molar-refractivity contribution in [2.24, 2.45) is 0 Å². The number of fused-ring (bicyclic) bond motifs is 1. The molecule has 0 saturated carbocycles. The first-order chi connectivity index (χ1) is 16.6. The van der Waals surface area contributed by atoms with Crippen LogP contribution in [-0.4, -0.2) is 38.1 Å². The van der Waals surface area contributed by atoms with Crippen molar-refractivity contribution in [3.8, 4) is 28.6 Å². The van der Waals surface area contributed by atoms with E-state index in [1.807, 2.05) is 34.9 Å². The van der Waals surface area contributed by atoms with Crippen molar-refractivity contribution in [2.75, 3.05) is 12.5 Å². The van der Waals surface area contributed by atoms with Gasteiger partial charge in [0.05, 0.1) is 11.4 Å². The maximum atomic E-state index is 12.7. The summed E-state index contributed by atoms with van der Waals surface area (Å²) < 4.78 is 12.8. The molecule has 5 rings (SSSR count). The van der Waals surface area contributed by atoms with Gasteiger partial charge in [0.25, 0.3) is 0 Å². The average Bonchev–Trinajstić information content (AvgIpc) is 3.49. The van der Waals surface area contributed by atoms with Crippen molar-refractivity contribution in [3.63, 3.8) is 0 Å². The first kappa shape index (κ1) is 22.2. The third kappa shape index (κ3) is 4.68. The van der Waals surface area contributed by atoms with Gasteiger partial charge in [-0.25, -0.2) is 0 Å². The summed E-state index contributed by atoms with van der Waals surface area (Å²) >= 11 is 1.41. The number of ether oxygens (including phenoxy) is 2. The first-order valence-corrected chi connectivity index (χ1v) is 12.0. The number of thioether (sulfide) groups is 1. The number of rotatable bonds is 8. The number of carbonyl (C=O) groups is 1. The number of aryl methyl sites for hydroxylation is 3. The molecule has 0 bridgehead atoms. The monoisotopic (exact) mass is 472 g/mol. The lowest BCUT2D eigenvalue weighted by atomic mass is 10.1. The smallest absolute Gasteiger partial charge is 0.231 e. The van der Waals surface area contributed by atoms with Crippen LogP contribution in [0.1, 0.15) is 23.1 Å². The van der Waals surface area contributed by atoms with Crippen molar-refractivity contribution < 1.29 is 14.3 Å². The summed E-state index contributed by atoms with van der Waals surface area (Å²) in [5.41, 5.74) is 5.21. The van der Waals surface area contributed by atoms with E-state index in [1.54, 1.807) is 12.4 Å². The number of Topliss-reactive ketones (excluding diaryl/α,β-unsaturated/α-hetero) is 1. The third-order valence-corrected chi connectivity index (χ3v) is 6.63. The average molecular weight is 473 g/mol. The fourth-order valence-electron chi connectivity index (χ4n) is 3.92. The quantitative estimate of drug-likeness (QED) is 0.335. The second kappa shape index (κ2) is 9.69. The molecule has 4 aromatic rings. The topological polar surface area (TPSA) is 79.1 Å². The molecule has 0 unspecified atom stereocenters. The van der Waals surface area contributed by atoms with E-state index in [4.69, 9.17) is 9.47 Å². The fourth-order valence-corrected chi connectivity index (χ4v) is 4.76. The molecule has 0 amide bonds. The molecular formula is C26H24N4O3S. The third-order valence-electron chi connectivity index (χ3n) is 5.64. The normalized spacial score (nSPS) is 12.2. The van der Waals surface area contributed by atoms with E-state index in [0.29, 0.717) is 29.6 Å². The van der Waals surface area contributed by atoms with E-state index < -0.39 is 0 Å². The van der Waals surface area contributed by atoms with E-state index in [2.05, 4.69) is 47.2 Å². The van der Waals surface area contributed by atoms with Gasteiger partial charge in [-0.1, -0.05) is 35.5 Å². The molecule has 0 atom stereocenters. The number of pyridine rings is 1. The van der Waals surface area contributed by atoms with Gasteiger partial charge in [0.1, 0.15) is 5.78 Å². The zero-order valence-electron chi connectivity index (χ0n) is 19.0. The predicted octanol–water partition coefficient (Wildman–Crippen LogP) is 4.97. The molecule has 0 N–H and O–H groups in total. The highest BCUT2D eigenvalue weighted by Crippen LogP contribution is 2.33. The first-order valence-electron chi connectivity index (χ1n) is 11.0. The Balaban J connectivity index is 1.33. The molecule has 1 aliphatic heterocycles. The zero-order valence-corrected chi connectivity index (χ0v) is 19.8. The van der Waals surface area contributed by atoms with Gasteiger partial charge >= 0.3 is 0 Å². The molecule has 0 radical (unpaired) electrons. The number of hydrogen-bond acceptors (Lipinski definition) is 7. The summed E-state index contributed by atoms with van der Waals surface area (Å²) in [5, 5.41) is 9.56. The Morgan fingerprint density at radius 3 is 2.76 bits per heavy atom. The Morgan fingerprint density at radius 2 is 1.94 bits per heavy atom. The minimum absolute atomic E-state index is 0.153. The highest BCUT2D eigenvalue weighted by molar-refractivity contribution is 7.99. The fraction of sp³-hybridized carbons (Fsp3) is 0.231. The predicted molar refractivity (Wildman–Crippen MR) is 131 cm³/mol. The van der Waals surface area contributed by atoms with Gasteiger partial charge in [0, 0.05) is 24.4 Å². The van der Waals surface area contributed by atoms with Gasteiger partial charge in [-0.15, -0.1) is 10.2 Å². The van der Waals surface area contributed by atoms with Crippen molar-refractivity contribution >= 4 is 17.5 Å². The molecule has 2 aromatic carbocycles. The van der Waals surface area contributed by atoms with Crippen LogP contribution < -0.4 is 9.47 Å². The molecule has 3 heterocycles. The van der Waals surface area contributed by atoms with Gasteiger partial charge in [0.2, 0.25) is 6.79 Å². The van der Waals surface area contributed by atoms with Gasteiger partial charge in [-0.3, -0.25) is 14.3 Å². The standard InChI is InChI=1S/C26H24N4O3S/c1-17-5-9-22(18(2)12-17)30-25(20-4-3-11-27-14-20)28-29-26(30)34-15-21(31)8-6-19-7-10-23-24(13-19)33-16-32-23/h3-5,7,9-14H,6,8,15-16H2,1-2H3. The van der Waals surface area contributed by atoms with Crippen LogP contribution in [0.4, 0.5) is 0 Å². The highest BCUT2D eigenvalue weighted by Gasteiger charge is 2.19. The molecule has 0 fully saturated rings. The lowest BCUT2D eigenvalue weighted by molar-refractivity contribution is -0.116. The van der Waals surface area contributed by atoms with Crippen LogP contribution in [0.15, 0.2) is 66.1 Å². The summed E-state index contributed by atoms with van der Waals surface area (Å²) in [7, 11) is 0. The molecule has 0 aliphatic carbocycles. The molecule has 2 aromatic heterocycles. The van der Waals surface area contributed by atoms with Crippen molar-refractivity contribution in [1.82, 2.24) is 19.7 Å². The molecular weight excluding hydrogens is 448 g/mol. The molecule has 8 heteroatoms. The van der Waals surface area contributed by atoms with Crippen LogP contribution in [0.25, 0.3) is 17.1 Å². The summed E-state index contributed by atoms with van der Waals surface area (Å²) in [6.45, 7) is 4.39. The van der Waals surface area contributed by atoms with E-state index >= 15 is 0 Å². The van der Waals surface area contributed by atoms with Crippen molar-refractivity contribution in [2.45, 2.75) is 31.8 Å². The Hall–Kier alpha value is -3.65. The lowest BCUT2D eigenvalue weighted by Gasteiger charge is -2.13. The van der Waals surface area contributed by atoms with Gasteiger partial charge in [-0.05, 0) is 61.7 Å². The number of carbonyl (C=O) groups excluding carboxylic acids is 1. The number of benzene rings is 2. The number of ketones is 1. The van der Waals surface area contributed by atoms with Crippen LogP contribution in [0.3, 0.4) is 0 Å². The SMILES string of the molecule is Cc1ccc(-n2c(SCC(=O)CCc3ccc4c(c3)OCO4)nnc2-c2cccnc2)c(C)c1. The van der Waals surface area contributed by atoms with Crippen LogP contribution in [0, 0.1) is 13.8 Å². The second-order valence-electron chi connectivity index (χ2n) is 8.19. The largest absolute Gasteiger partial charge is 0.454 e. The number of aromatic nitrogens is 4. The Labute approximate surface area is 202 Å². The van der Waals surface area contributed by atoms with Crippen LogP contribution in [0.2, 0.25) is 0 Å². The maximum absolute atomic E-state index is 12.7. The van der Waals surface area contributed by atoms with E-state index in [9.17, 15) is 4.79 Å². The molecule has 0 spiro atoms. The maximum Gasteiger partial charge on any atom is 0.231 e. The van der Waals surface area contributed by atoms with E-state index in [0.717, 1.165) is 33.9 Å². The van der Waals surface area contributed by atoms with E-state index in [-0.39, 0.29) is 12.6 Å². The summed E-state index contributed by atoms with van der Waals surface area (Å²) in [6, 6.07) is 15.9. The highest BCUT2D eigenvalue weighted by atomic mass is 32.2. The molecule has 34 heavy (non-hydrogen) atoms. The van der Waals surface area contributed by atoms with Gasteiger partial charge < -0.3 is 9.47 Å². The Bertz CT molecular complexity index is 1340. The van der Waals surface area contributed by atoms with Crippen molar-refractivity contribution in [1.29, 1.82) is 0 Å². The Morgan fingerprint density at radius 1 is 1.06 bits per heavy atom.